The second kappa shape index (κ2) is 8.88. The van der Waals surface area contributed by atoms with Gasteiger partial charge in [0, 0.05) is 12.1 Å². The van der Waals surface area contributed by atoms with Crippen LogP contribution < -0.4 is 10.6 Å². The summed E-state index contributed by atoms with van der Waals surface area (Å²) in [6, 6.07) is 7.81. The fraction of sp³-hybridized carbons (Fsp3) is 0.312. The maximum Gasteiger partial charge on any atom is 0.353 e. The highest BCUT2D eigenvalue weighted by molar-refractivity contribution is 7.07. The highest BCUT2D eigenvalue weighted by Crippen LogP contribution is 2.22. The number of ether oxygens (including phenoxy) is 1. The Morgan fingerprint density at radius 1 is 1.20 bits per heavy atom. The molecule has 1 heterocycles. The summed E-state index contributed by atoms with van der Waals surface area (Å²) in [5.74, 6) is -1.44. The Balaban J connectivity index is 2.22. The predicted octanol–water partition coefficient (Wildman–Crippen LogP) is 1.84. The van der Waals surface area contributed by atoms with Crippen molar-refractivity contribution in [3.63, 3.8) is 0 Å². The van der Waals surface area contributed by atoms with Gasteiger partial charge >= 0.3 is 12.0 Å². The van der Waals surface area contributed by atoms with Crippen molar-refractivity contribution in [3.8, 4) is 0 Å². The van der Waals surface area contributed by atoms with E-state index in [1.807, 2.05) is 6.92 Å². The van der Waals surface area contributed by atoms with Crippen LogP contribution in [0.5, 0.6) is 0 Å². The van der Waals surface area contributed by atoms with Crippen LogP contribution in [-0.4, -0.2) is 34.0 Å². The number of amides is 3. The van der Waals surface area contributed by atoms with Gasteiger partial charge < -0.3 is 10.1 Å². The van der Waals surface area contributed by atoms with E-state index in [-0.39, 0.29) is 4.88 Å². The van der Waals surface area contributed by atoms with Crippen LogP contribution >= 0.6 is 11.5 Å². The number of esters is 1. The molecule has 1 aromatic heterocycles. The number of imide groups is 1. The van der Waals surface area contributed by atoms with E-state index in [9.17, 15) is 14.4 Å². The second-order valence-corrected chi connectivity index (χ2v) is 5.70. The Labute approximate surface area is 148 Å². The van der Waals surface area contributed by atoms with Crippen LogP contribution in [0.2, 0.25) is 0 Å². The third-order valence-corrected chi connectivity index (χ3v) is 3.96. The van der Waals surface area contributed by atoms with Gasteiger partial charge in [0.2, 0.25) is 6.10 Å². The number of benzene rings is 1. The molecule has 25 heavy (non-hydrogen) atoms. The van der Waals surface area contributed by atoms with Gasteiger partial charge in [0.05, 0.1) is 5.69 Å². The lowest BCUT2D eigenvalue weighted by Gasteiger charge is -2.17. The fourth-order valence-electron chi connectivity index (χ4n) is 2.04. The molecule has 132 valence electrons. The Morgan fingerprint density at radius 3 is 2.56 bits per heavy atom. The average molecular weight is 362 g/mol. The van der Waals surface area contributed by atoms with Crippen LogP contribution in [0.1, 0.15) is 40.9 Å². The number of carbonyl (C=O) groups excluding carboxylic acids is 3. The zero-order valence-electron chi connectivity index (χ0n) is 13.8. The minimum atomic E-state index is -1.26. The van der Waals surface area contributed by atoms with Crippen LogP contribution in [0.15, 0.2) is 30.3 Å². The van der Waals surface area contributed by atoms with E-state index >= 15 is 0 Å². The van der Waals surface area contributed by atoms with Gasteiger partial charge in [0.25, 0.3) is 5.91 Å². The van der Waals surface area contributed by atoms with Crippen LogP contribution in [0.4, 0.5) is 4.79 Å². The van der Waals surface area contributed by atoms with Crippen LogP contribution in [0.25, 0.3) is 0 Å². The number of aromatic nitrogens is 2. The molecule has 3 amide bonds. The Bertz CT molecular complexity index is 748. The van der Waals surface area contributed by atoms with Crippen LogP contribution in [0.3, 0.4) is 0 Å². The molecule has 2 N–H and O–H groups in total. The quantitative estimate of drug-likeness (QED) is 0.759. The molecule has 1 aromatic carbocycles. The molecule has 0 aliphatic heterocycles. The van der Waals surface area contributed by atoms with Crippen molar-refractivity contribution in [2.24, 2.45) is 0 Å². The third kappa shape index (κ3) is 4.83. The molecule has 0 saturated carbocycles. The van der Waals surface area contributed by atoms with E-state index in [0.29, 0.717) is 24.2 Å². The Hall–Kier alpha value is -2.81. The number of hydrogen-bond donors (Lipinski definition) is 2. The van der Waals surface area contributed by atoms with Gasteiger partial charge in [0.15, 0.2) is 4.88 Å². The van der Waals surface area contributed by atoms with E-state index in [1.165, 1.54) is 0 Å². The van der Waals surface area contributed by atoms with Crippen molar-refractivity contribution in [2.45, 2.75) is 26.4 Å². The fourth-order valence-corrected chi connectivity index (χ4v) is 2.67. The van der Waals surface area contributed by atoms with Crippen molar-refractivity contribution in [3.05, 3.63) is 46.5 Å². The summed E-state index contributed by atoms with van der Waals surface area (Å²) < 4.78 is 9.10. The van der Waals surface area contributed by atoms with Crippen molar-refractivity contribution in [2.75, 3.05) is 6.54 Å². The SMILES string of the molecule is CCNC(=O)NC(=O)[C@@H](OC(=O)c1snnc1CC)c1ccccc1. The maximum absolute atomic E-state index is 12.4. The molecule has 0 aliphatic carbocycles. The zero-order valence-corrected chi connectivity index (χ0v) is 14.6. The molecule has 0 spiro atoms. The zero-order chi connectivity index (χ0) is 18.2. The lowest BCUT2D eigenvalue weighted by atomic mass is 10.1. The Kier molecular flexibility index (Phi) is 6.58. The summed E-state index contributed by atoms with van der Waals surface area (Å²) in [4.78, 5) is 36.7. The number of urea groups is 1. The van der Waals surface area contributed by atoms with Gasteiger partial charge in [0.1, 0.15) is 0 Å². The first-order valence-corrected chi connectivity index (χ1v) is 8.50. The molecule has 8 nitrogen and oxygen atoms in total. The largest absolute Gasteiger partial charge is 0.443 e. The standard InChI is InChI=1S/C16H18N4O4S/c1-3-11-13(25-20-19-11)15(22)24-12(10-8-6-5-7-9-10)14(21)18-16(23)17-4-2/h5-9,12H,3-4H2,1-2H3,(H2,17,18,21,23)/t12-/m0/s1. The molecule has 0 aliphatic rings. The van der Waals surface area contributed by atoms with Crippen LogP contribution in [0, 0.1) is 0 Å². The number of rotatable bonds is 6. The second-order valence-electron chi connectivity index (χ2n) is 4.95. The molecule has 2 rings (SSSR count). The van der Waals surface area contributed by atoms with Crippen molar-refractivity contribution >= 4 is 29.4 Å². The van der Waals surface area contributed by atoms with Gasteiger partial charge in [-0.3, -0.25) is 10.1 Å². The summed E-state index contributed by atoms with van der Waals surface area (Å²) in [6.45, 7) is 3.92. The minimum Gasteiger partial charge on any atom is -0.443 e. The summed E-state index contributed by atoms with van der Waals surface area (Å²) >= 11 is 0.907. The van der Waals surface area contributed by atoms with Crippen molar-refractivity contribution in [1.29, 1.82) is 0 Å². The molecule has 2 aromatic rings. The summed E-state index contributed by atoms with van der Waals surface area (Å²) in [6.07, 6.45) is -0.745. The third-order valence-electron chi connectivity index (χ3n) is 3.22. The normalized spacial score (nSPS) is 11.4. The number of nitrogens with zero attached hydrogens (tertiary/aromatic N) is 2. The molecule has 0 bridgehead atoms. The van der Waals surface area contributed by atoms with Gasteiger partial charge in [-0.25, -0.2) is 9.59 Å². The smallest absolute Gasteiger partial charge is 0.353 e. The highest BCUT2D eigenvalue weighted by Gasteiger charge is 2.28. The van der Waals surface area contributed by atoms with Crippen molar-refractivity contribution in [1.82, 2.24) is 20.2 Å². The summed E-state index contributed by atoms with van der Waals surface area (Å²) in [5, 5.41) is 8.47. The first kappa shape index (κ1) is 18.5. The Morgan fingerprint density at radius 2 is 1.92 bits per heavy atom. The molecule has 0 saturated heterocycles. The monoisotopic (exact) mass is 362 g/mol. The average Bonchev–Trinajstić information content (AvgIpc) is 3.09. The number of hydrogen-bond acceptors (Lipinski definition) is 7. The van der Waals surface area contributed by atoms with Gasteiger partial charge in [-0.05, 0) is 24.9 Å². The van der Waals surface area contributed by atoms with Crippen LogP contribution in [-0.2, 0) is 16.0 Å². The highest BCUT2D eigenvalue weighted by atomic mass is 32.1. The van der Waals surface area contributed by atoms with E-state index in [1.54, 1.807) is 37.3 Å². The number of nitrogens with one attached hydrogen (secondary N) is 2. The van der Waals surface area contributed by atoms with Crippen molar-refractivity contribution < 1.29 is 19.1 Å². The number of aryl methyl sites for hydroxylation is 1. The number of carbonyl (C=O) groups is 3. The van der Waals surface area contributed by atoms with E-state index in [4.69, 9.17) is 4.74 Å². The van der Waals surface area contributed by atoms with Gasteiger partial charge in [-0.1, -0.05) is 41.7 Å². The molecular formula is C16H18N4O4S. The lowest BCUT2D eigenvalue weighted by Crippen LogP contribution is -2.42. The maximum atomic E-state index is 12.4. The molecule has 1 atom stereocenters. The summed E-state index contributed by atoms with van der Waals surface area (Å²) in [7, 11) is 0. The van der Waals surface area contributed by atoms with E-state index in [2.05, 4.69) is 20.2 Å². The predicted molar refractivity (Wildman–Crippen MR) is 91.1 cm³/mol. The topological polar surface area (TPSA) is 110 Å². The lowest BCUT2D eigenvalue weighted by molar-refractivity contribution is -0.129. The first-order chi connectivity index (χ1) is 12.1. The molecule has 9 heteroatoms. The van der Waals surface area contributed by atoms with Gasteiger partial charge in [-0.2, -0.15) is 0 Å². The van der Waals surface area contributed by atoms with E-state index in [0.717, 1.165) is 11.5 Å². The minimum absolute atomic E-state index is 0.245. The van der Waals surface area contributed by atoms with Gasteiger partial charge in [-0.15, -0.1) is 5.10 Å². The van der Waals surface area contributed by atoms with E-state index < -0.39 is 24.0 Å². The first-order valence-electron chi connectivity index (χ1n) is 7.72. The molecule has 0 unspecified atom stereocenters. The summed E-state index contributed by atoms with van der Waals surface area (Å²) in [5.41, 5.74) is 0.958. The molecule has 0 radical (unpaired) electrons. The molecular weight excluding hydrogens is 344 g/mol. The molecule has 0 fully saturated rings.